The molecule has 144 valence electrons. The van der Waals surface area contributed by atoms with E-state index in [0.29, 0.717) is 29.3 Å². The van der Waals surface area contributed by atoms with Crippen LogP contribution in [-0.4, -0.2) is 26.1 Å². The zero-order valence-electron chi connectivity index (χ0n) is 15.2. The summed E-state index contributed by atoms with van der Waals surface area (Å²) < 4.78 is 6.44. The Morgan fingerprint density at radius 2 is 1.90 bits per heavy atom. The summed E-state index contributed by atoms with van der Waals surface area (Å²) in [4.78, 5) is 15.0. The van der Waals surface area contributed by atoms with E-state index in [1.165, 1.54) is 0 Å². The molecule has 3 heterocycles. The molecule has 2 aromatic heterocycles. The molecule has 4 aromatic rings. The van der Waals surface area contributed by atoms with Crippen LogP contribution in [0.15, 0.2) is 75.8 Å². The number of halogens is 1. The van der Waals surface area contributed by atoms with Gasteiger partial charge in [0.2, 0.25) is 0 Å². The van der Waals surface area contributed by atoms with E-state index in [1.54, 1.807) is 35.4 Å². The van der Waals surface area contributed by atoms with Crippen molar-refractivity contribution in [2.24, 2.45) is 0 Å². The molecule has 1 atom stereocenters. The zero-order valence-corrected chi connectivity index (χ0v) is 16.8. The summed E-state index contributed by atoms with van der Waals surface area (Å²) >= 11 is 3.47. The van der Waals surface area contributed by atoms with Gasteiger partial charge in [0.25, 0.3) is 5.91 Å². The summed E-state index contributed by atoms with van der Waals surface area (Å²) in [5.74, 6) is 0.662. The Labute approximate surface area is 174 Å². The molecule has 5 rings (SSSR count). The minimum Gasteiger partial charge on any atom is -0.507 e. The van der Waals surface area contributed by atoms with Gasteiger partial charge >= 0.3 is 0 Å². The fourth-order valence-electron chi connectivity index (χ4n) is 3.80. The molecule has 2 aromatic carbocycles. The molecule has 0 aliphatic carbocycles. The summed E-state index contributed by atoms with van der Waals surface area (Å²) in [6.07, 6.45) is 1.60. The van der Waals surface area contributed by atoms with Gasteiger partial charge in [0.15, 0.2) is 0 Å². The highest BCUT2D eigenvalue weighted by molar-refractivity contribution is 9.10. The molecule has 1 amide bonds. The highest BCUT2D eigenvalue weighted by atomic mass is 79.9. The molecule has 1 aliphatic heterocycles. The quantitative estimate of drug-likeness (QED) is 0.464. The molecule has 2 N–H and O–H groups in total. The lowest BCUT2D eigenvalue weighted by Gasteiger charge is -2.25. The van der Waals surface area contributed by atoms with E-state index in [1.807, 2.05) is 36.4 Å². The standard InChI is InChI=1S/C22H16BrN3O3/c23-14-9-7-13(8-10-14)21-18-19(16-5-1-2-6-17(16)27)24-25-20(18)22(28)26(21)12-15-4-3-11-29-15/h1-11,21,27H,12H2,(H,24,25)/t21-/m1/s1. The number of hydrogen-bond donors (Lipinski definition) is 2. The number of carbonyl (C=O) groups excluding carboxylic acids is 1. The van der Waals surface area contributed by atoms with Gasteiger partial charge in [-0.25, -0.2) is 0 Å². The number of rotatable bonds is 4. The number of aromatic hydroxyl groups is 1. The number of para-hydroxylation sites is 1. The van der Waals surface area contributed by atoms with Gasteiger partial charge in [-0.2, -0.15) is 5.10 Å². The average molecular weight is 450 g/mol. The molecule has 0 fully saturated rings. The van der Waals surface area contributed by atoms with Crippen LogP contribution >= 0.6 is 15.9 Å². The summed E-state index contributed by atoms with van der Waals surface area (Å²) in [5, 5.41) is 17.6. The van der Waals surface area contributed by atoms with Crippen LogP contribution in [0.25, 0.3) is 11.3 Å². The van der Waals surface area contributed by atoms with Crippen molar-refractivity contribution in [1.29, 1.82) is 0 Å². The molecule has 0 saturated heterocycles. The molecule has 0 saturated carbocycles. The second-order valence-corrected chi connectivity index (χ2v) is 7.76. The summed E-state index contributed by atoms with van der Waals surface area (Å²) in [6, 6.07) is 18.2. The van der Waals surface area contributed by atoms with Crippen LogP contribution in [0.3, 0.4) is 0 Å². The Morgan fingerprint density at radius 3 is 2.62 bits per heavy atom. The SMILES string of the molecule is O=C1c2[nH]nc(-c3ccccc3O)c2[C@@H](c2ccc(Br)cc2)N1Cc1ccco1. The van der Waals surface area contributed by atoms with E-state index in [2.05, 4.69) is 26.1 Å². The van der Waals surface area contributed by atoms with Crippen LogP contribution in [0.4, 0.5) is 0 Å². The molecule has 0 radical (unpaired) electrons. The largest absolute Gasteiger partial charge is 0.507 e. The van der Waals surface area contributed by atoms with E-state index in [0.717, 1.165) is 15.6 Å². The van der Waals surface area contributed by atoms with E-state index >= 15 is 0 Å². The van der Waals surface area contributed by atoms with Crippen LogP contribution in [-0.2, 0) is 6.54 Å². The van der Waals surface area contributed by atoms with Crippen molar-refractivity contribution in [1.82, 2.24) is 15.1 Å². The Hall–Kier alpha value is -3.32. The minimum absolute atomic E-state index is 0.119. The number of amides is 1. The average Bonchev–Trinajstić information content (AvgIpc) is 3.44. The smallest absolute Gasteiger partial charge is 0.273 e. The first-order chi connectivity index (χ1) is 14.1. The van der Waals surface area contributed by atoms with Gasteiger partial charge in [-0.05, 0) is 42.0 Å². The monoisotopic (exact) mass is 449 g/mol. The van der Waals surface area contributed by atoms with Gasteiger partial charge in [-0.3, -0.25) is 9.89 Å². The first-order valence-electron chi connectivity index (χ1n) is 9.09. The Morgan fingerprint density at radius 1 is 1.10 bits per heavy atom. The number of nitrogens with one attached hydrogen (secondary N) is 1. The summed E-state index contributed by atoms with van der Waals surface area (Å²) in [5.41, 5.74) is 3.29. The molecule has 0 bridgehead atoms. The second kappa shape index (κ2) is 6.93. The van der Waals surface area contributed by atoms with E-state index in [4.69, 9.17) is 4.42 Å². The van der Waals surface area contributed by atoms with Crippen molar-refractivity contribution in [3.63, 3.8) is 0 Å². The number of furan rings is 1. The normalized spacial score (nSPS) is 15.7. The van der Waals surface area contributed by atoms with Crippen LogP contribution in [0, 0.1) is 0 Å². The molecule has 29 heavy (non-hydrogen) atoms. The van der Waals surface area contributed by atoms with Crippen LogP contribution in [0.5, 0.6) is 5.75 Å². The van der Waals surface area contributed by atoms with Gasteiger partial charge in [-0.1, -0.05) is 40.2 Å². The Balaban J connectivity index is 1.68. The maximum absolute atomic E-state index is 13.2. The number of H-pyrrole nitrogens is 1. The molecule has 0 unspecified atom stereocenters. The zero-order chi connectivity index (χ0) is 20.0. The third kappa shape index (κ3) is 2.94. The molecular formula is C22H16BrN3O3. The number of nitrogens with zero attached hydrogens (tertiary/aromatic N) is 2. The van der Waals surface area contributed by atoms with Gasteiger partial charge in [0, 0.05) is 15.6 Å². The van der Waals surface area contributed by atoms with Crippen molar-refractivity contribution < 1.29 is 14.3 Å². The molecule has 0 spiro atoms. The van der Waals surface area contributed by atoms with Gasteiger partial charge in [0.1, 0.15) is 22.9 Å². The van der Waals surface area contributed by atoms with E-state index in [-0.39, 0.29) is 17.7 Å². The van der Waals surface area contributed by atoms with Gasteiger partial charge in [0.05, 0.1) is 18.8 Å². The molecule has 7 heteroatoms. The number of aromatic nitrogens is 2. The predicted octanol–water partition coefficient (Wildman–Crippen LogP) is 4.88. The highest BCUT2D eigenvalue weighted by Gasteiger charge is 2.42. The Bertz CT molecular complexity index is 1180. The topological polar surface area (TPSA) is 82.4 Å². The van der Waals surface area contributed by atoms with Gasteiger partial charge in [-0.15, -0.1) is 0 Å². The number of aromatic amines is 1. The Kier molecular flexibility index (Phi) is 4.24. The van der Waals surface area contributed by atoms with E-state index in [9.17, 15) is 9.90 Å². The summed E-state index contributed by atoms with van der Waals surface area (Å²) in [7, 11) is 0. The van der Waals surface area contributed by atoms with Crippen molar-refractivity contribution >= 4 is 21.8 Å². The molecule has 1 aliphatic rings. The maximum Gasteiger partial charge on any atom is 0.273 e. The maximum atomic E-state index is 13.2. The minimum atomic E-state index is -0.357. The number of benzene rings is 2. The summed E-state index contributed by atoms with van der Waals surface area (Å²) in [6.45, 7) is 0.329. The van der Waals surface area contributed by atoms with Crippen molar-refractivity contribution in [3.8, 4) is 17.0 Å². The second-order valence-electron chi connectivity index (χ2n) is 6.84. The lowest BCUT2D eigenvalue weighted by molar-refractivity contribution is 0.0717. The molecule has 6 nitrogen and oxygen atoms in total. The number of phenolic OH excluding ortho intramolecular Hbond substituents is 1. The van der Waals surface area contributed by atoms with Crippen LogP contribution < -0.4 is 0 Å². The fourth-order valence-corrected chi connectivity index (χ4v) is 4.07. The van der Waals surface area contributed by atoms with Crippen LogP contribution in [0.1, 0.15) is 33.4 Å². The highest BCUT2D eigenvalue weighted by Crippen LogP contribution is 2.45. The van der Waals surface area contributed by atoms with Crippen molar-refractivity contribution in [2.75, 3.05) is 0 Å². The fraction of sp³-hybridized carbons (Fsp3) is 0.0909. The number of hydrogen-bond acceptors (Lipinski definition) is 4. The molecular weight excluding hydrogens is 434 g/mol. The number of fused-ring (bicyclic) bond motifs is 1. The lowest BCUT2D eigenvalue weighted by Crippen LogP contribution is -2.28. The predicted molar refractivity (Wildman–Crippen MR) is 110 cm³/mol. The van der Waals surface area contributed by atoms with Gasteiger partial charge < -0.3 is 14.4 Å². The third-order valence-electron chi connectivity index (χ3n) is 5.11. The first kappa shape index (κ1) is 17.8. The van der Waals surface area contributed by atoms with Crippen molar-refractivity contribution in [2.45, 2.75) is 12.6 Å². The van der Waals surface area contributed by atoms with Crippen LogP contribution in [0.2, 0.25) is 0 Å². The first-order valence-corrected chi connectivity index (χ1v) is 9.88. The van der Waals surface area contributed by atoms with E-state index < -0.39 is 0 Å². The third-order valence-corrected chi connectivity index (χ3v) is 5.64. The number of phenols is 1. The lowest BCUT2D eigenvalue weighted by atomic mass is 9.96. The van der Waals surface area contributed by atoms with Crippen molar-refractivity contribution in [3.05, 3.63) is 94.0 Å². The number of carbonyl (C=O) groups is 1.